The molecule has 0 unspecified atom stereocenters. The summed E-state index contributed by atoms with van der Waals surface area (Å²) in [5.41, 5.74) is 2.97. The van der Waals surface area contributed by atoms with Crippen LogP contribution in [-0.4, -0.2) is 22.0 Å². The summed E-state index contributed by atoms with van der Waals surface area (Å²) in [6, 6.07) is 15.4. The van der Waals surface area contributed by atoms with Crippen LogP contribution in [-0.2, 0) is 4.79 Å². The number of thioether (sulfide) groups is 1. The van der Waals surface area contributed by atoms with Crippen molar-refractivity contribution in [2.24, 2.45) is 4.99 Å². The average Bonchev–Trinajstić information content (AvgIpc) is 2.87. The quantitative estimate of drug-likeness (QED) is 0.653. The van der Waals surface area contributed by atoms with E-state index >= 15 is 0 Å². The second-order valence-electron chi connectivity index (χ2n) is 6.16. The van der Waals surface area contributed by atoms with E-state index in [0.29, 0.717) is 15.1 Å². The predicted octanol–water partition coefficient (Wildman–Crippen LogP) is 5.66. The molecule has 1 fully saturated rings. The third-order valence-corrected chi connectivity index (χ3v) is 5.01. The van der Waals surface area contributed by atoms with E-state index in [-0.39, 0.29) is 11.9 Å². The molecule has 128 valence electrons. The molecule has 5 heteroatoms. The van der Waals surface area contributed by atoms with Crippen LogP contribution in [0.4, 0.5) is 5.69 Å². The van der Waals surface area contributed by atoms with Crippen molar-refractivity contribution in [3.8, 4) is 0 Å². The number of aryl methyl sites for hydroxylation is 1. The van der Waals surface area contributed by atoms with Gasteiger partial charge in [0.2, 0.25) is 0 Å². The Labute approximate surface area is 157 Å². The molecular formula is C20H19ClN2OS. The number of carbonyl (C=O) groups is 1. The average molecular weight is 371 g/mol. The van der Waals surface area contributed by atoms with Gasteiger partial charge in [-0.05, 0) is 68.4 Å². The minimum absolute atomic E-state index is 0.0131. The van der Waals surface area contributed by atoms with Gasteiger partial charge in [-0.2, -0.15) is 0 Å². The van der Waals surface area contributed by atoms with Crippen molar-refractivity contribution in [1.29, 1.82) is 0 Å². The molecule has 25 heavy (non-hydrogen) atoms. The van der Waals surface area contributed by atoms with Crippen molar-refractivity contribution < 1.29 is 4.79 Å². The first-order valence-corrected chi connectivity index (χ1v) is 9.27. The lowest BCUT2D eigenvalue weighted by Gasteiger charge is -2.19. The fourth-order valence-electron chi connectivity index (χ4n) is 2.46. The molecule has 3 rings (SSSR count). The molecule has 0 saturated carbocycles. The maximum Gasteiger partial charge on any atom is 0.266 e. The molecule has 1 heterocycles. The second-order valence-corrected chi connectivity index (χ2v) is 7.61. The Balaban J connectivity index is 1.95. The first-order chi connectivity index (χ1) is 11.9. The summed E-state index contributed by atoms with van der Waals surface area (Å²) in [6.45, 7) is 6.03. The normalized spacial score (nSPS) is 18.0. The Morgan fingerprint density at radius 3 is 2.32 bits per heavy atom. The van der Waals surface area contributed by atoms with Crippen LogP contribution in [0.1, 0.15) is 25.0 Å². The number of hydrogen-bond donors (Lipinski definition) is 0. The summed E-state index contributed by atoms with van der Waals surface area (Å²) in [5.74, 6) is -0.0131. The molecule has 3 nitrogen and oxygen atoms in total. The third-order valence-electron chi connectivity index (χ3n) is 3.78. The fraction of sp³-hybridized carbons (Fsp3) is 0.200. The van der Waals surface area contributed by atoms with Gasteiger partial charge in [-0.15, -0.1) is 0 Å². The van der Waals surface area contributed by atoms with Crippen LogP contribution < -0.4 is 0 Å². The summed E-state index contributed by atoms with van der Waals surface area (Å²) in [4.78, 5) is 19.9. The Morgan fingerprint density at radius 1 is 1.08 bits per heavy atom. The van der Waals surface area contributed by atoms with Gasteiger partial charge < -0.3 is 0 Å². The van der Waals surface area contributed by atoms with Crippen LogP contribution in [0, 0.1) is 6.92 Å². The number of amidine groups is 1. The zero-order valence-corrected chi connectivity index (χ0v) is 15.9. The van der Waals surface area contributed by atoms with Crippen LogP contribution in [0.2, 0.25) is 5.02 Å². The molecule has 0 spiro atoms. The van der Waals surface area contributed by atoms with Gasteiger partial charge in [0.25, 0.3) is 5.91 Å². The number of rotatable bonds is 3. The highest BCUT2D eigenvalue weighted by molar-refractivity contribution is 8.18. The number of aliphatic imine (C=N–C) groups is 1. The summed E-state index contributed by atoms with van der Waals surface area (Å²) < 4.78 is 0. The van der Waals surface area contributed by atoms with E-state index in [4.69, 9.17) is 11.6 Å². The van der Waals surface area contributed by atoms with Crippen LogP contribution in [0.15, 0.2) is 58.4 Å². The molecule has 0 N–H and O–H groups in total. The highest BCUT2D eigenvalue weighted by Gasteiger charge is 2.35. The molecule has 0 atom stereocenters. The minimum atomic E-state index is -0.0131. The molecule has 1 amide bonds. The van der Waals surface area contributed by atoms with Gasteiger partial charge in [-0.1, -0.05) is 41.4 Å². The number of carbonyl (C=O) groups excluding carboxylic acids is 1. The molecule has 0 bridgehead atoms. The first-order valence-electron chi connectivity index (χ1n) is 8.08. The SMILES string of the molecule is Cc1ccc(N=C2S/C(=C/c3ccc(Cl)cc3)C(=O)N2C(C)C)cc1. The Morgan fingerprint density at radius 2 is 1.72 bits per heavy atom. The number of benzene rings is 2. The van der Waals surface area contributed by atoms with Gasteiger partial charge in [0, 0.05) is 11.1 Å². The predicted molar refractivity (Wildman–Crippen MR) is 107 cm³/mol. The van der Waals surface area contributed by atoms with Gasteiger partial charge in [0.1, 0.15) is 0 Å². The van der Waals surface area contributed by atoms with Gasteiger partial charge in [-0.25, -0.2) is 4.99 Å². The van der Waals surface area contributed by atoms with E-state index in [9.17, 15) is 4.79 Å². The molecule has 2 aromatic rings. The minimum Gasteiger partial charge on any atom is -0.284 e. The number of nitrogens with zero attached hydrogens (tertiary/aromatic N) is 2. The third kappa shape index (κ3) is 4.14. The molecule has 1 aliphatic rings. The van der Waals surface area contributed by atoms with Crippen molar-refractivity contribution >= 4 is 46.2 Å². The highest BCUT2D eigenvalue weighted by Crippen LogP contribution is 2.35. The van der Waals surface area contributed by atoms with Crippen molar-refractivity contribution in [1.82, 2.24) is 4.90 Å². The smallest absolute Gasteiger partial charge is 0.266 e. The van der Waals surface area contributed by atoms with E-state index < -0.39 is 0 Å². The molecule has 1 aliphatic heterocycles. The lowest BCUT2D eigenvalue weighted by molar-refractivity contribution is -0.123. The standard InChI is InChI=1S/C20H19ClN2OS/c1-13(2)23-19(24)18(12-15-6-8-16(21)9-7-15)25-20(23)22-17-10-4-14(3)5-11-17/h4-13H,1-3H3/b18-12+,22-20?. The van der Waals surface area contributed by atoms with Crippen LogP contribution in [0.5, 0.6) is 0 Å². The summed E-state index contributed by atoms with van der Waals surface area (Å²) >= 11 is 7.33. The van der Waals surface area contributed by atoms with Crippen LogP contribution >= 0.6 is 23.4 Å². The van der Waals surface area contributed by atoms with Gasteiger partial charge in [0.15, 0.2) is 5.17 Å². The van der Waals surface area contributed by atoms with Gasteiger partial charge >= 0.3 is 0 Å². The first kappa shape index (κ1) is 17.8. The molecule has 1 saturated heterocycles. The number of hydrogen-bond acceptors (Lipinski definition) is 3. The summed E-state index contributed by atoms with van der Waals surface area (Å²) in [6.07, 6.45) is 1.89. The van der Waals surface area contributed by atoms with Crippen molar-refractivity contribution in [3.63, 3.8) is 0 Å². The zero-order chi connectivity index (χ0) is 18.0. The Kier molecular flexibility index (Phi) is 5.30. The van der Waals surface area contributed by atoms with Gasteiger partial charge in [-0.3, -0.25) is 9.69 Å². The lowest BCUT2D eigenvalue weighted by Crippen LogP contribution is -2.35. The maximum atomic E-state index is 12.8. The van der Waals surface area contributed by atoms with E-state index in [0.717, 1.165) is 11.3 Å². The maximum absolute atomic E-state index is 12.8. The van der Waals surface area contributed by atoms with Crippen LogP contribution in [0.3, 0.4) is 0 Å². The molecule has 0 radical (unpaired) electrons. The summed E-state index contributed by atoms with van der Waals surface area (Å²) in [7, 11) is 0. The van der Waals surface area contributed by atoms with Crippen LogP contribution in [0.25, 0.3) is 6.08 Å². The lowest BCUT2D eigenvalue weighted by atomic mass is 10.2. The van der Waals surface area contributed by atoms with Crippen molar-refractivity contribution in [2.75, 3.05) is 0 Å². The van der Waals surface area contributed by atoms with Gasteiger partial charge in [0.05, 0.1) is 10.6 Å². The highest BCUT2D eigenvalue weighted by atomic mass is 35.5. The monoisotopic (exact) mass is 370 g/mol. The molecule has 0 aliphatic carbocycles. The molecule has 2 aromatic carbocycles. The largest absolute Gasteiger partial charge is 0.284 e. The number of amides is 1. The van der Waals surface area contributed by atoms with E-state index in [1.54, 1.807) is 4.90 Å². The summed E-state index contributed by atoms with van der Waals surface area (Å²) in [5, 5.41) is 1.39. The Bertz CT molecular complexity index is 839. The molecule has 0 aromatic heterocycles. The fourth-order valence-corrected chi connectivity index (χ4v) is 3.71. The topological polar surface area (TPSA) is 32.7 Å². The van der Waals surface area contributed by atoms with E-state index in [1.807, 2.05) is 75.4 Å². The van der Waals surface area contributed by atoms with E-state index in [1.165, 1.54) is 17.3 Å². The Hall–Kier alpha value is -2.04. The second kappa shape index (κ2) is 7.46. The molecular weight excluding hydrogens is 352 g/mol. The van der Waals surface area contributed by atoms with Crippen molar-refractivity contribution in [3.05, 3.63) is 69.6 Å². The van der Waals surface area contributed by atoms with E-state index in [2.05, 4.69) is 4.99 Å². The van der Waals surface area contributed by atoms with Crippen molar-refractivity contribution in [2.45, 2.75) is 26.8 Å². The zero-order valence-electron chi connectivity index (χ0n) is 14.4. The number of halogens is 1.